The monoisotopic (exact) mass is 485 g/mol. The first kappa shape index (κ1) is 25.4. The topological polar surface area (TPSA) is 37.2 Å². The van der Waals surface area contributed by atoms with Gasteiger partial charge in [-0.3, -0.25) is 9.80 Å². The first-order chi connectivity index (χ1) is 16.4. The number of alkyl halides is 3. The highest BCUT2D eigenvalue weighted by Crippen LogP contribution is 2.32. The van der Waals surface area contributed by atoms with Crippen LogP contribution in [0.15, 0.2) is 36.4 Å². The number of halogens is 3. The van der Waals surface area contributed by atoms with Gasteiger partial charge in [0.2, 0.25) is 5.82 Å². The molecule has 0 aliphatic carbocycles. The second kappa shape index (κ2) is 9.74. The molecule has 188 valence electrons. The van der Waals surface area contributed by atoms with Gasteiger partial charge in [-0.25, -0.2) is 9.97 Å². The third-order valence-corrected chi connectivity index (χ3v) is 6.59. The Morgan fingerprint density at radius 1 is 0.943 bits per heavy atom. The molecule has 1 aliphatic rings. The van der Waals surface area contributed by atoms with Crippen LogP contribution in [0.4, 0.5) is 13.2 Å². The number of pyridine rings is 1. The van der Waals surface area contributed by atoms with Gasteiger partial charge in [0.25, 0.3) is 0 Å². The fourth-order valence-corrected chi connectivity index (χ4v) is 4.63. The lowest BCUT2D eigenvalue weighted by Gasteiger charge is -2.42. The molecule has 0 unspecified atom stereocenters. The standard InChI is InChI=1S/C27H34F3N5/c1-19-17-20(2)31-24-23(19)32-25(27(28,29)30)35(24)18-22-10-8-21(9-11-22)7-6-12-33-13-15-34(16-14-33)26(3,4)5/h6-11,17H,12-16,18H2,1-5H3/b7-6+. The molecule has 3 heterocycles. The lowest BCUT2D eigenvalue weighted by atomic mass is 10.0. The lowest BCUT2D eigenvalue weighted by molar-refractivity contribution is -0.146. The smallest absolute Gasteiger partial charge is 0.301 e. The van der Waals surface area contributed by atoms with Crippen molar-refractivity contribution in [2.24, 2.45) is 0 Å². The largest absolute Gasteiger partial charge is 0.449 e. The molecule has 1 fully saturated rings. The van der Waals surface area contributed by atoms with Crippen molar-refractivity contribution in [3.05, 3.63) is 64.6 Å². The highest BCUT2D eigenvalue weighted by Gasteiger charge is 2.38. The van der Waals surface area contributed by atoms with Gasteiger partial charge in [-0.2, -0.15) is 13.2 Å². The van der Waals surface area contributed by atoms with Gasteiger partial charge >= 0.3 is 6.18 Å². The van der Waals surface area contributed by atoms with Gasteiger partial charge < -0.3 is 4.57 Å². The molecule has 1 aromatic carbocycles. The number of aromatic nitrogens is 3. The van der Waals surface area contributed by atoms with Crippen molar-refractivity contribution in [3.63, 3.8) is 0 Å². The van der Waals surface area contributed by atoms with E-state index >= 15 is 0 Å². The Morgan fingerprint density at radius 2 is 1.60 bits per heavy atom. The average molecular weight is 486 g/mol. The molecule has 0 radical (unpaired) electrons. The molecule has 4 rings (SSSR count). The molecular weight excluding hydrogens is 451 g/mol. The Morgan fingerprint density at radius 3 is 2.20 bits per heavy atom. The molecule has 1 aliphatic heterocycles. The van der Waals surface area contributed by atoms with Crippen molar-refractivity contribution in [3.8, 4) is 0 Å². The van der Waals surface area contributed by atoms with Crippen molar-refractivity contribution in [1.82, 2.24) is 24.3 Å². The fourth-order valence-electron chi connectivity index (χ4n) is 4.63. The van der Waals surface area contributed by atoms with Gasteiger partial charge in [-0.1, -0.05) is 36.4 Å². The number of hydrogen-bond donors (Lipinski definition) is 0. The number of hydrogen-bond acceptors (Lipinski definition) is 4. The quantitative estimate of drug-likeness (QED) is 0.475. The van der Waals surface area contributed by atoms with Crippen LogP contribution in [0.1, 0.15) is 49.0 Å². The van der Waals surface area contributed by atoms with Crippen LogP contribution in [-0.4, -0.2) is 62.6 Å². The summed E-state index contributed by atoms with van der Waals surface area (Å²) in [6.07, 6.45) is -0.327. The summed E-state index contributed by atoms with van der Waals surface area (Å²) in [7, 11) is 0. The van der Waals surface area contributed by atoms with E-state index in [4.69, 9.17) is 0 Å². The minimum Gasteiger partial charge on any atom is -0.301 e. The zero-order valence-electron chi connectivity index (χ0n) is 21.2. The summed E-state index contributed by atoms with van der Waals surface area (Å²) in [4.78, 5) is 13.2. The van der Waals surface area contributed by atoms with Crippen LogP contribution in [0.3, 0.4) is 0 Å². The average Bonchev–Trinajstić information content (AvgIpc) is 3.14. The van der Waals surface area contributed by atoms with E-state index in [0.717, 1.165) is 43.9 Å². The van der Waals surface area contributed by atoms with E-state index in [1.54, 1.807) is 19.9 Å². The molecule has 8 heteroatoms. The van der Waals surface area contributed by atoms with E-state index in [-0.39, 0.29) is 17.7 Å². The second-order valence-corrected chi connectivity index (χ2v) is 10.4. The van der Waals surface area contributed by atoms with Crippen molar-refractivity contribution in [2.45, 2.75) is 52.9 Å². The minimum absolute atomic E-state index is 0.0588. The van der Waals surface area contributed by atoms with E-state index in [2.05, 4.69) is 52.7 Å². The molecular formula is C27H34F3N5. The molecule has 0 atom stereocenters. The first-order valence-corrected chi connectivity index (χ1v) is 12.1. The van der Waals surface area contributed by atoms with E-state index in [0.29, 0.717) is 16.8 Å². The van der Waals surface area contributed by atoms with Gasteiger partial charge in [0, 0.05) is 44.0 Å². The summed E-state index contributed by atoms with van der Waals surface area (Å²) in [5.74, 6) is -0.913. The van der Waals surface area contributed by atoms with Crippen LogP contribution in [0.25, 0.3) is 17.2 Å². The molecule has 2 aromatic heterocycles. The summed E-state index contributed by atoms with van der Waals surface area (Å²) in [6.45, 7) is 15.5. The summed E-state index contributed by atoms with van der Waals surface area (Å²) in [5, 5.41) is 0. The van der Waals surface area contributed by atoms with Gasteiger partial charge in [-0.05, 0) is 57.4 Å². The predicted octanol–water partition coefficient (Wildman–Crippen LogP) is 5.54. The molecule has 0 N–H and O–H groups in total. The Labute approximate surface area is 205 Å². The Balaban J connectivity index is 1.44. The highest BCUT2D eigenvalue weighted by molar-refractivity contribution is 5.76. The van der Waals surface area contributed by atoms with Crippen molar-refractivity contribution >= 4 is 17.2 Å². The molecule has 5 nitrogen and oxygen atoms in total. The Kier molecular flexibility index (Phi) is 7.06. The van der Waals surface area contributed by atoms with Crippen LogP contribution in [-0.2, 0) is 12.7 Å². The molecule has 0 saturated carbocycles. The number of fused-ring (bicyclic) bond motifs is 1. The number of rotatable bonds is 5. The van der Waals surface area contributed by atoms with Gasteiger partial charge in [0.1, 0.15) is 5.52 Å². The van der Waals surface area contributed by atoms with E-state index in [1.807, 2.05) is 24.3 Å². The van der Waals surface area contributed by atoms with Crippen LogP contribution < -0.4 is 0 Å². The molecule has 0 amide bonds. The molecule has 0 spiro atoms. The van der Waals surface area contributed by atoms with E-state index in [1.165, 1.54) is 4.57 Å². The molecule has 1 saturated heterocycles. The normalized spacial score (nSPS) is 16.6. The third-order valence-electron chi connectivity index (χ3n) is 6.59. The van der Waals surface area contributed by atoms with Gasteiger partial charge in [0.05, 0.1) is 6.54 Å². The number of nitrogens with zero attached hydrogens (tertiary/aromatic N) is 5. The molecule has 35 heavy (non-hydrogen) atoms. The van der Waals surface area contributed by atoms with Crippen LogP contribution in [0.5, 0.6) is 0 Å². The zero-order chi connectivity index (χ0) is 25.4. The lowest BCUT2D eigenvalue weighted by Crippen LogP contribution is -2.53. The highest BCUT2D eigenvalue weighted by atomic mass is 19.4. The fraction of sp³-hybridized carbons (Fsp3) is 0.481. The van der Waals surface area contributed by atoms with Gasteiger partial charge in [-0.15, -0.1) is 0 Å². The first-order valence-electron chi connectivity index (χ1n) is 12.1. The van der Waals surface area contributed by atoms with Crippen LogP contribution >= 0.6 is 0 Å². The molecule has 3 aromatic rings. The Hall–Kier alpha value is -2.71. The maximum atomic E-state index is 13.7. The third kappa shape index (κ3) is 5.93. The summed E-state index contributed by atoms with van der Waals surface area (Å²) >= 11 is 0. The molecule has 0 bridgehead atoms. The van der Waals surface area contributed by atoms with E-state index in [9.17, 15) is 13.2 Å². The number of piperazine rings is 1. The van der Waals surface area contributed by atoms with Crippen molar-refractivity contribution in [2.75, 3.05) is 32.7 Å². The van der Waals surface area contributed by atoms with Gasteiger partial charge in [0.15, 0.2) is 5.65 Å². The van der Waals surface area contributed by atoms with E-state index < -0.39 is 12.0 Å². The van der Waals surface area contributed by atoms with Crippen LogP contribution in [0.2, 0.25) is 0 Å². The SMILES string of the molecule is Cc1cc(C)c2nc(C(F)(F)F)n(Cc3ccc(/C=C/CN4CCN(C(C)(C)C)CC4)cc3)c2n1. The Bertz CT molecular complexity index is 1190. The van der Waals surface area contributed by atoms with Crippen molar-refractivity contribution < 1.29 is 13.2 Å². The maximum Gasteiger partial charge on any atom is 0.449 e. The second-order valence-electron chi connectivity index (χ2n) is 10.4. The maximum absolute atomic E-state index is 13.7. The van der Waals surface area contributed by atoms with Crippen LogP contribution in [0, 0.1) is 13.8 Å². The number of benzene rings is 1. The summed E-state index contributed by atoms with van der Waals surface area (Å²) in [5.41, 5.74) is 3.93. The minimum atomic E-state index is -4.55. The summed E-state index contributed by atoms with van der Waals surface area (Å²) < 4.78 is 42.4. The summed E-state index contributed by atoms with van der Waals surface area (Å²) in [6, 6.07) is 9.39. The number of aryl methyl sites for hydroxylation is 2. The predicted molar refractivity (Wildman–Crippen MR) is 134 cm³/mol. The van der Waals surface area contributed by atoms with Crippen molar-refractivity contribution in [1.29, 1.82) is 0 Å². The number of imidazole rings is 1. The zero-order valence-corrected chi connectivity index (χ0v) is 21.2.